The molecule has 1 N–H and O–H groups in total. The number of likely N-dealkylation sites (N-methyl/N-ethyl adjacent to an activating group) is 1. The predicted octanol–water partition coefficient (Wildman–Crippen LogP) is 2.53. The zero-order valence-electron chi connectivity index (χ0n) is 15.3. The minimum absolute atomic E-state index is 0.0316. The van der Waals surface area contributed by atoms with Gasteiger partial charge in [0.05, 0.1) is 0 Å². The van der Waals surface area contributed by atoms with Crippen LogP contribution in [0, 0.1) is 20.8 Å². The predicted molar refractivity (Wildman–Crippen MR) is 99.4 cm³/mol. The maximum Gasteiger partial charge on any atom is 0.272 e. The molecule has 0 radical (unpaired) electrons. The van der Waals surface area contributed by atoms with Gasteiger partial charge in [0.2, 0.25) is 0 Å². The molecular weight excluding hydrogens is 314 g/mol. The van der Waals surface area contributed by atoms with Crippen LogP contribution in [0.4, 0.5) is 11.5 Å². The first-order valence-electron chi connectivity index (χ1n) is 8.59. The average Bonchev–Trinajstić information content (AvgIpc) is 2.58. The summed E-state index contributed by atoms with van der Waals surface area (Å²) in [6.45, 7) is 9.48. The molecule has 1 aliphatic heterocycles. The first-order chi connectivity index (χ1) is 11.9. The van der Waals surface area contributed by atoms with Gasteiger partial charge >= 0.3 is 0 Å². The second kappa shape index (κ2) is 7.19. The molecular formula is C19H25N5O. The Labute approximate surface area is 148 Å². The van der Waals surface area contributed by atoms with Gasteiger partial charge in [0.25, 0.3) is 5.91 Å². The summed E-state index contributed by atoms with van der Waals surface area (Å²) in [5.74, 6) is 0.610. The van der Waals surface area contributed by atoms with E-state index in [0.717, 1.165) is 43.0 Å². The number of nitrogens with one attached hydrogen (secondary N) is 1. The van der Waals surface area contributed by atoms with Crippen molar-refractivity contribution in [1.29, 1.82) is 0 Å². The number of nitrogens with zero attached hydrogens (tertiary/aromatic N) is 4. The highest BCUT2D eigenvalue weighted by atomic mass is 16.2. The van der Waals surface area contributed by atoms with E-state index in [4.69, 9.17) is 0 Å². The monoisotopic (exact) mass is 339 g/mol. The minimum Gasteiger partial charge on any atom is -0.340 e. The third-order valence-electron chi connectivity index (χ3n) is 4.61. The number of aromatic nitrogens is 2. The first kappa shape index (κ1) is 17.4. The van der Waals surface area contributed by atoms with Gasteiger partial charge in [-0.05, 0) is 38.9 Å². The molecule has 6 heteroatoms. The van der Waals surface area contributed by atoms with Crippen LogP contribution in [0.25, 0.3) is 0 Å². The van der Waals surface area contributed by atoms with Crippen molar-refractivity contribution in [3.05, 3.63) is 46.9 Å². The summed E-state index contributed by atoms with van der Waals surface area (Å²) in [6.07, 6.45) is 1.45. The normalized spacial score (nSPS) is 15.3. The molecule has 6 nitrogen and oxygen atoms in total. The maximum absolute atomic E-state index is 12.7. The number of carbonyl (C=O) groups is 1. The van der Waals surface area contributed by atoms with E-state index in [1.54, 1.807) is 6.07 Å². The molecule has 0 atom stereocenters. The van der Waals surface area contributed by atoms with Crippen LogP contribution in [0.5, 0.6) is 0 Å². The topological polar surface area (TPSA) is 61.4 Å². The highest BCUT2D eigenvalue weighted by Gasteiger charge is 2.21. The van der Waals surface area contributed by atoms with E-state index in [2.05, 4.69) is 60.1 Å². The number of carbonyl (C=O) groups excluding carboxylic acids is 1. The fraction of sp³-hybridized carbons (Fsp3) is 0.421. The number of amides is 1. The lowest BCUT2D eigenvalue weighted by atomic mass is 10.1. The molecule has 0 aliphatic carbocycles. The molecule has 1 saturated heterocycles. The Hall–Kier alpha value is -2.47. The maximum atomic E-state index is 12.7. The highest BCUT2D eigenvalue weighted by molar-refractivity contribution is 5.93. The van der Waals surface area contributed by atoms with Crippen molar-refractivity contribution < 1.29 is 4.79 Å². The van der Waals surface area contributed by atoms with Crippen molar-refractivity contribution in [3.8, 4) is 0 Å². The Morgan fingerprint density at radius 3 is 2.28 bits per heavy atom. The zero-order valence-corrected chi connectivity index (χ0v) is 15.3. The van der Waals surface area contributed by atoms with E-state index >= 15 is 0 Å². The van der Waals surface area contributed by atoms with Gasteiger partial charge in [0.1, 0.15) is 17.8 Å². The van der Waals surface area contributed by atoms with Gasteiger partial charge in [0.15, 0.2) is 0 Å². The van der Waals surface area contributed by atoms with Crippen LogP contribution in [0.15, 0.2) is 24.5 Å². The van der Waals surface area contributed by atoms with Crippen LogP contribution in [-0.2, 0) is 0 Å². The van der Waals surface area contributed by atoms with E-state index in [0.29, 0.717) is 11.5 Å². The summed E-state index contributed by atoms with van der Waals surface area (Å²) in [5, 5.41) is 3.34. The van der Waals surface area contributed by atoms with Crippen LogP contribution in [0.2, 0.25) is 0 Å². The number of anilines is 2. The standard InChI is InChI=1S/C19H25N5O/c1-13-9-14(2)18(15(3)10-13)22-17-11-16(20-12-21-17)19(25)24-7-5-23(4)6-8-24/h9-12H,5-8H2,1-4H3,(H,20,21,22). The van der Waals surface area contributed by atoms with Crippen molar-refractivity contribution in [1.82, 2.24) is 19.8 Å². The lowest BCUT2D eigenvalue weighted by Crippen LogP contribution is -2.47. The molecule has 0 unspecified atom stereocenters. The molecule has 2 heterocycles. The number of aryl methyl sites for hydroxylation is 3. The van der Waals surface area contributed by atoms with Crippen LogP contribution in [0.1, 0.15) is 27.2 Å². The van der Waals surface area contributed by atoms with Crippen molar-refractivity contribution in [2.24, 2.45) is 0 Å². The number of piperazine rings is 1. The lowest BCUT2D eigenvalue weighted by molar-refractivity contribution is 0.0658. The summed E-state index contributed by atoms with van der Waals surface area (Å²) < 4.78 is 0. The van der Waals surface area contributed by atoms with Gasteiger partial charge in [-0.15, -0.1) is 0 Å². The molecule has 1 aliphatic rings. The average molecular weight is 339 g/mol. The Balaban J connectivity index is 1.79. The second-order valence-corrected chi connectivity index (χ2v) is 6.78. The van der Waals surface area contributed by atoms with Crippen LogP contribution in [-0.4, -0.2) is 58.9 Å². The fourth-order valence-electron chi connectivity index (χ4n) is 3.22. The van der Waals surface area contributed by atoms with Crippen molar-refractivity contribution in [3.63, 3.8) is 0 Å². The van der Waals surface area contributed by atoms with Crippen LogP contribution >= 0.6 is 0 Å². The summed E-state index contributed by atoms with van der Waals surface area (Å²) >= 11 is 0. The Bertz CT molecular complexity index is 758. The zero-order chi connectivity index (χ0) is 18.0. The third kappa shape index (κ3) is 3.96. The number of rotatable bonds is 3. The SMILES string of the molecule is Cc1cc(C)c(Nc2cc(C(=O)N3CCN(C)CC3)ncn2)c(C)c1. The Morgan fingerprint density at radius 2 is 1.64 bits per heavy atom. The highest BCUT2D eigenvalue weighted by Crippen LogP contribution is 2.25. The number of hydrogen-bond donors (Lipinski definition) is 1. The quantitative estimate of drug-likeness (QED) is 0.931. The summed E-state index contributed by atoms with van der Waals surface area (Å²) in [4.78, 5) is 25.2. The molecule has 1 aromatic heterocycles. The van der Waals surface area contributed by atoms with Gasteiger partial charge in [-0.25, -0.2) is 9.97 Å². The third-order valence-corrected chi connectivity index (χ3v) is 4.61. The summed E-state index contributed by atoms with van der Waals surface area (Å²) in [5.41, 5.74) is 5.01. The van der Waals surface area contributed by atoms with E-state index in [9.17, 15) is 4.79 Å². The smallest absolute Gasteiger partial charge is 0.272 e. The molecule has 0 bridgehead atoms. The summed E-state index contributed by atoms with van der Waals surface area (Å²) in [7, 11) is 2.07. The van der Waals surface area contributed by atoms with Gasteiger partial charge in [-0.1, -0.05) is 17.7 Å². The largest absolute Gasteiger partial charge is 0.340 e. The molecule has 1 amide bonds. The van der Waals surface area contributed by atoms with Crippen molar-refractivity contribution >= 4 is 17.4 Å². The van der Waals surface area contributed by atoms with Crippen molar-refractivity contribution in [2.45, 2.75) is 20.8 Å². The van der Waals surface area contributed by atoms with Gasteiger partial charge in [0, 0.05) is 37.9 Å². The van der Waals surface area contributed by atoms with E-state index in [-0.39, 0.29) is 5.91 Å². The number of benzene rings is 1. The van der Waals surface area contributed by atoms with E-state index in [1.807, 2.05) is 4.90 Å². The fourth-order valence-corrected chi connectivity index (χ4v) is 3.22. The van der Waals surface area contributed by atoms with Crippen molar-refractivity contribution in [2.75, 3.05) is 38.5 Å². The molecule has 132 valence electrons. The molecule has 2 aromatic rings. The second-order valence-electron chi connectivity index (χ2n) is 6.78. The van der Waals surface area contributed by atoms with E-state index in [1.165, 1.54) is 11.9 Å². The molecule has 3 rings (SSSR count). The molecule has 1 aromatic carbocycles. The Kier molecular flexibility index (Phi) is 4.99. The first-order valence-corrected chi connectivity index (χ1v) is 8.59. The minimum atomic E-state index is -0.0316. The number of hydrogen-bond acceptors (Lipinski definition) is 5. The van der Waals surface area contributed by atoms with E-state index < -0.39 is 0 Å². The molecule has 1 fully saturated rings. The molecule has 25 heavy (non-hydrogen) atoms. The molecule has 0 spiro atoms. The van der Waals surface area contributed by atoms with Gasteiger partial charge < -0.3 is 15.1 Å². The van der Waals surface area contributed by atoms with Crippen LogP contribution < -0.4 is 5.32 Å². The summed E-state index contributed by atoms with van der Waals surface area (Å²) in [6, 6.07) is 6.00. The van der Waals surface area contributed by atoms with Gasteiger partial charge in [-0.3, -0.25) is 4.79 Å². The Morgan fingerprint density at radius 1 is 1.00 bits per heavy atom. The lowest BCUT2D eigenvalue weighted by Gasteiger charge is -2.32. The van der Waals surface area contributed by atoms with Gasteiger partial charge in [-0.2, -0.15) is 0 Å². The van der Waals surface area contributed by atoms with Crippen LogP contribution in [0.3, 0.4) is 0 Å². The molecule has 0 saturated carbocycles.